The van der Waals surface area contributed by atoms with Crippen LogP contribution in [0.3, 0.4) is 0 Å². The van der Waals surface area contributed by atoms with Gasteiger partial charge in [-0.1, -0.05) is 32.1 Å². The number of rotatable bonds is 6. The molecule has 1 aliphatic carbocycles. The summed E-state index contributed by atoms with van der Waals surface area (Å²) in [5.74, 6) is -0.0882. The zero-order chi connectivity index (χ0) is 16.9. The van der Waals surface area contributed by atoms with Crippen molar-refractivity contribution in [1.82, 2.24) is 4.31 Å². The van der Waals surface area contributed by atoms with Crippen molar-refractivity contribution < 1.29 is 13.2 Å². The Bertz CT molecular complexity index is 679. The quantitative estimate of drug-likeness (QED) is 0.812. The van der Waals surface area contributed by atoms with Gasteiger partial charge in [-0.15, -0.1) is 0 Å². The molecule has 0 aliphatic heterocycles. The smallest absolute Gasteiger partial charge is 0.243 e. The van der Waals surface area contributed by atoms with Crippen LogP contribution >= 0.6 is 0 Å². The highest BCUT2D eigenvalue weighted by Gasteiger charge is 2.23. The van der Waals surface area contributed by atoms with Crippen LogP contribution in [0.2, 0.25) is 0 Å². The molecule has 0 bridgehead atoms. The maximum Gasteiger partial charge on any atom is 0.243 e. The molecular formula is C17H24N2O3S. The summed E-state index contributed by atoms with van der Waals surface area (Å²) in [6, 6.07) is 6.47. The van der Waals surface area contributed by atoms with Gasteiger partial charge in [-0.25, -0.2) is 8.42 Å². The molecular weight excluding hydrogens is 312 g/mol. The van der Waals surface area contributed by atoms with E-state index >= 15 is 0 Å². The number of hydrogen-bond acceptors (Lipinski definition) is 3. The van der Waals surface area contributed by atoms with Crippen LogP contribution in [0.4, 0.5) is 5.69 Å². The predicted octanol–water partition coefficient (Wildman–Crippen LogP) is 3.01. The molecule has 1 aromatic rings. The second kappa shape index (κ2) is 7.75. The molecule has 5 nitrogen and oxygen atoms in total. The molecule has 0 heterocycles. The molecule has 0 fully saturated rings. The van der Waals surface area contributed by atoms with Crippen molar-refractivity contribution in [1.29, 1.82) is 0 Å². The van der Waals surface area contributed by atoms with E-state index in [9.17, 15) is 13.2 Å². The van der Waals surface area contributed by atoms with Gasteiger partial charge in [0.15, 0.2) is 0 Å². The molecule has 0 aromatic heterocycles. The Morgan fingerprint density at radius 1 is 1.26 bits per heavy atom. The molecule has 1 atom stereocenters. The molecule has 23 heavy (non-hydrogen) atoms. The lowest BCUT2D eigenvalue weighted by molar-refractivity contribution is -0.120. The second-order valence-electron chi connectivity index (χ2n) is 5.59. The fraction of sp³-hybridized carbons (Fsp3) is 0.471. The Balaban J connectivity index is 2.16. The molecule has 0 unspecified atom stereocenters. The van der Waals surface area contributed by atoms with Gasteiger partial charge in [0, 0.05) is 24.7 Å². The lowest BCUT2D eigenvalue weighted by Crippen LogP contribution is -2.30. The standard InChI is InChI=1S/C17H24N2O3S/c1-3-19(4-2)23(21,22)16-12-8-11-15(13-16)18-17(20)14-9-6-5-7-10-14/h5-6,8,11-14H,3-4,7,9-10H2,1-2H3,(H,18,20)/t14-/m0/s1. The van der Waals surface area contributed by atoms with Crippen LogP contribution in [0.1, 0.15) is 33.1 Å². The Kier molecular flexibility index (Phi) is 5.96. The molecule has 1 aliphatic rings. The minimum absolute atomic E-state index is 0.0388. The van der Waals surface area contributed by atoms with Crippen molar-refractivity contribution in [3.05, 3.63) is 36.4 Å². The Labute approximate surface area is 138 Å². The SMILES string of the molecule is CCN(CC)S(=O)(=O)c1cccc(NC(=O)[C@H]2CC=CCC2)c1. The number of anilines is 1. The average molecular weight is 336 g/mol. The number of carbonyl (C=O) groups excluding carboxylic acids is 1. The third-order valence-electron chi connectivity index (χ3n) is 4.08. The van der Waals surface area contributed by atoms with Gasteiger partial charge in [-0.3, -0.25) is 4.79 Å². The first-order chi connectivity index (χ1) is 11.0. The monoisotopic (exact) mass is 336 g/mol. The second-order valence-corrected chi connectivity index (χ2v) is 7.53. The Hall–Kier alpha value is -1.66. The van der Waals surface area contributed by atoms with Gasteiger partial charge < -0.3 is 5.32 Å². The van der Waals surface area contributed by atoms with Gasteiger partial charge in [0.25, 0.3) is 0 Å². The number of nitrogens with zero attached hydrogens (tertiary/aromatic N) is 1. The number of benzene rings is 1. The molecule has 0 radical (unpaired) electrons. The maximum absolute atomic E-state index is 12.5. The van der Waals surface area contributed by atoms with E-state index in [1.54, 1.807) is 18.2 Å². The minimum atomic E-state index is -3.51. The normalized spacial score (nSPS) is 18.1. The average Bonchev–Trinajstić information content (AvgIpc) is 2.57. The van der Waals surface area contributed by atoms with Crippen molar-refractivity contribution in [3.8, 4) is 0 Å². The fourth-order valence-electron chi connectivity index (χ4n) is 2.72. The summed E-state index contributed by atoms with van der Waals surface area (Å²) in [5, 5.41) is 2.84. The van der Waals surface area contributed by atoms with E-state index in [-0.39, 0.29) is 16.7 Å². The summed E-state index contributed by atoms with van der Waals surface area (Å²) in [5.41, 5.74) is 0.526. The van der Waals surface area contributed by atoms with E-state index in [2.05, 4.69) is 11.4 Å². The Morgan fingerprint density at radius 3 is 2.61 bits per heavy atom. The summed E-state index contributed by atoms with van der Waals surface area (Å²) < 4.78 is 26.5. The highest BCUT2D eigenvalue weighted by molar-refractivity contribution is 7.89. The third kappa shape index (κ3) is 4.20. The number of allylic oxidation sites excluding steroid dienone is 2. The van der Waals surface area contributed by atoms with E-state index in [4.69, 9.17) is 0 Å². The van der Waals surface area contributed by atoms with Crippen LogP contribution in [-0.2, 0) is 14.8 Å². The van der Waals surface area contributed by atoms with E-state index in [0.717, 1.165) is 19.3 Å². The van der Waals surface area contributed by atoms with E-state index in [0.29, 0.717) is 18.8 Å². The van der Waals surface area contributed by atoms with E-state index in [1.807, 2.05) is 19.9 Å². The number of sulfonamides is 1. The summed E-state index contributed by atoms with van der Waals surface area (Å²) in [7, 11) is -3.51. The largest absolute Gasteiger partial charge is 0.326 e. The van der Waals surface area contributed by atoms with Gasteiger partial charge in [0.2, 0.25) is 15.9 Å². The van der Waals surface area contributed by atoms with Crippen molar-refractivity contribution in [3.63, 3.8) is 0 Å². The summed E-state index contributed by atoms with van der Waals surface area (Å²) in [6.45, 7) is 4.46. The van der Waals surface area contributed by atoms with Gasteiger partial charge in [0.1, 0.15) is 0 Å². The Morgan fingerprint density at radius 2 is 2.00 bits per heavy atom. The molecule has 126 valence electrons. The first-order valence-electron chi connectivity index (χ1n) is 8.05. The molecule has 1 aromatic carbocycles. The summed E-state index contributed by atoms with van der Waals surface area (Å²) >= 11 is 0. The van der Waals surface area contributed by atoms with Crippen LogP contribution in [0.5, 0.6) is 0 Å². The lowest BCUT2D eigenvalue weighted by atomic mass is 9.93. The van der Waals surface area contributed by atoms with Crippen molar-refractivity contribution >= 4 is 21.6 Å². The van der Waals surface area contributed by atoms with Gasteiger partial charge in [-0.05, 0) is 37.5 Å². The van der Waals surface area contributed by atoms with Crippen LogP contribution in [-0.4, -0.2) is 31.7 Å². The fourth-order valence-corrected chi connectivity index (χ4v) is 4.23. The zero-order valence-corrected chi connectivity index (χ0v) is 14.5. The highest BCUT2D eigenvalue weighted by Crippen LogP contribution is 2.23. The highest BCUT2D eigenvalue weighted by atomic mass is 32.2. The number of carbonyl (C=O) groups is 1. The molecule has 1 amide bonds. The first kappa shape index (κ1) is 17.7. The van der Waals surface area contributed by atoms with Crippen LogP contribution in [0.15, 0.2) is 41.3 Å². The van der Waals surface area contributed by atoms with Gasteiger partial charge in [0.05, 0.1) is 4.90 Å². The molecule has 2 rings (SSSR count). The molecule has 0 saturated carbocycles. The third-order valence-corrected chi connectivity index (χ3v) is 6.13. The number of nitrogens with one attached hydrogen (secondary N) is 1. The van der Waals surface area contributed by atoms with Crippen LogP contribution < -0.4 is 5.32 Å². The summed E-state index contributed by atoms with van der Waals surface area (Å²) in [4.78, 5) is 12.5. The zero-order valence-electron chi connectivity index (χ0n) is 13.7. The number of amides is 1. The molecule has 6 heteroatoms. The van der Waals surface area contributed by atoms with Crippen molar-refractivity contribution in [2.24, 2.45) is 5.92 Å². The van der Waals surface area contributed by atoms with Crippen molar-refractivity contribution in [2.75, 3.05) is 18.4 Å². The van der Waals surface area contributed by atoms with Crippen LogP contribution in [0, 0.1) is 5.92 Å². The van der Waals surface area contributed by atoms with Crippen LogP contribution in [0.25, 0.3) is 0 Å². The predicted molar refractivity (Wildman–Crippen MR) is 91.7 cm³/mol. The van der Waals surface area contributed by atoms with Gasteiger partial charge >= 0.3 is 0 Å². The first-order valence-corrected chi connectivity index (χ1v) is 9.49. The van der Waals surface area contributed by atoms with Crippen molar-refractivity contribution in [2.45, 2.75) is 38.0 Å². The summed E-state index contributed by atoms with van der Waals surface area (Å²) in [6.07, 6.45) is 6.59. The maximum atomic E-state index is 12.5. The molecule has 1 N–H and O–H groups in total. The van der Waals surface area contributed by atoms with Gasteiger partial charge in [-0.2, -0.15) is 4.31 Å². The molecule has 0 spiro atoms. The molecule has 0 saturated heterocycles. The minimum Gasteiger partial charge on any atom is -0.326 e. The number of hydrogen-bond donors (Lipinski definition) is 1. The van der Waals surface area contributed by atoms with E-state index < -0.39 is 10.0 Å². The topological polar surface area (TPSA) is 66.5 Å². The lowest BCUT2D eigenvalue weighted by Gasteiger charge is -2.20. The van der Waals surface area contributed by atoms with E-state index in [1.165, 1.54) is 10.4 Å².